The van der Waals surface area contributed by atoms with Crippen LogP contribution < -0.4 is 10.6 Å². The second-order valence-corrected chi connectivity index (χ2v) is 5.25. The Hall–Kier alpha value is -1.40. The van der Waals surface area contributed by atoms with E-state index >= 15 is 0 Å². The van der Waals surface area contributed by atoms with E-state index in [2.05, 4.69) is 15.7 Å². The number of rotatable bonds is 6. The molecule has 2 heterocycles. The SMILES string of the molecule is Cc1cc(C)n(CCCC(=O)NC[C@H]2CNCCO2)n1. The van der Waals surface area contributed by atoms with Crippen molar-refractivity contribution in [2.45, 2.75) is 39.3 Å². The Bertz CT molecular complexity index is 438. The minimum absolute atomic E-state index is 0.0840. The second-order valence-electron chi connectivity index (χ2n) is 5.25. The van der Waals surface area contributed by atoms with Gasteiger partial charge >= 0.3 is 0 Å². The van der Waals surface area contributed by atoms with Crippen molar-refractivity contribution < 1.29 is 9.53 Å². The number of amides is 1. The lowest BCUT2D eigenvalue weighted by Crippen LogP contribution is -2.45. The van der Waals surface area contributed by atoms with Crippen molar-refractivity contribution in [1.29, 1.82) is 0 Å². The molecule has 1 amide bonds. The molecule has 0 radical (unpaired) electrons. The van der Waals surface area contributed by atoms with Crippen LogP contribution >= 0.6 is 0 Å². The molecule has 2 N–H and O–H groups in total. The zero-order valence-electron chi connectivity index (χ0n) is 12.3. The second kappa shape index (κ2) is 7.40. The minimum Gasteiger partial charge on any atom is -0.374 e. The highest BCUT2D eigenvalue weighted by Crippen LogP contribution is 2.04. The van der Waals surface area contributed by atoms with Crippen LogP contribution in [0.4, 0.5) is 0 Å². The Kier molecular flexibility index (Phi) is 5.55. The van der Waals surface area contributed by atoms with Gasteiger partial charge in [-0.3, -0.25) is 9.48 Å². The summed E-state index contributed by atoms with van der Waals surface area (Å²) in [5.41, 5.74) is 2.17. The molecule has 1 fully saturated rings. The van der Waals surface area contributed by atoms with Crippen LogP contribution in [0.1, 0.15) is 24.2 Å². The van der Waals surface area contributed by atoms with Gasteiger partial charge in [-0.25, -0.2) is 0 Å². The number of hydrogen-bond acceptors (Lipinski definition) is 4. The molecule has 0 bridgehead atoms. The maximum atomic E-state index is 11.7. The quantitative estimate of drug-likeness (QED) is 0.791. The Labute approximate surface area is 119 Å². The van der Waals surface area contributed by atoms with Crippen LogP contribution in [0.25, 0.3) is 0 Å². The van der Waals surface area contributed by atoms with Gasteiger partial charge in [0.2, 0.25) is 5.91 Å². The summed E-state index contributed by atoms with van der Waals surface area (Å²) in [4.78, 5) is 11.7. The molecule has 0 aliphatic carbocycles. The van der Waals surface area contributed by atoms with Crippen LogP contribution in [-0.2, 0) is 16.1 Å². The van der Waals surface area contributed by atoms with Gasteiger partial charge in [0.1, 0.15) is 0 Å². The fraction of sp³-hybridized carbons (Fsp3) is 0.714. The van der Waals surface area contributed by atoms with Crippen LogP contribution in [0, 0.1) is 13.8 Å². The smallest absolute Gasteiger partial charge is 0.220 e. The molecule has 1 saturated heterocycles. The van der Waals surface area contributed by atoms with E-state index < -0.39 is 0 Å². The molecule has 0 aromatic carbocycles. The fourth-order valence-electron chi connectivity index (χ4n) is 2.36. The molecule has 0 spiro atoms. The van der Waals surface area contributed by atoms with Gasteiger partial charge in [0.15, 0.2) is 0 Å². The summed E-state index contributed by atoms with van der Waals surface area (Å²) >= 11 is 0. The zero-order valence-corrected chi connectivity index (χ0v) is 12.3. The van der Waals surface area contributed by atoms with E-state index in [0.717, 1.165) is 44.0 Å². The summed E-state index contributed by atoms with van der Waals surface area (Å²) in [6.45, 7) is 7.82. The van der Waals surface area contributed by atoms with Gasteiger partial charge in [-0.05, 0) is 26.3 Å². The van der Waals surface area contributed by atoms with Crippen LogP contribution in [0.15, 0.2) is 6.07 Å². The normalized spacial score (nSPS) is 19.0. The molecule has 20 heavy (non-hydrogen) atoms. The number of carbonyl (C=O) groups excluding carboxylic acids is 1. The van der Waals surface area contributed by atoms with Gasteiger partial charge in [0.25, 0.3) is 0 Å². The lowest BCUT2D eigenvalue weighted by molar-refractivity contribution is -0.122. The highest BCUT2D eigenvalue weighted by Gasteiger charge is 2.14. The lowest BCUT2D eigenvalue weighted by atomic mass is 10.2. The number of aryl methyl sites for hydroxylation is 3. The average Bonchev–Trinajstić information content (AvgIpc) is 2.76. The first-order valence-electron chi connectivity index (χ1n) is 7.25. The molecule has 2 rings (SSSR count). The van der Waals surface area contributed by atoms with Crippen molar-refractivity contribution >= 4 is 5.91 Å². The van der Waals surface area contributed by atoms with E-state index in [1.807, 2.05) is 24.6 Å². The van der Waals surface area contributed by atoms with Crippen molar-refractivity contribution in [2.24, 2.45) is 0 Å². The van der Waals surface area contributed by atoms with Crippen LogP contribution in [0.2, 0.25) is 0 Å². The number of carbonyl (C=O) groups is 1. The van der Waals surface area contributed by atoms with Crippen LogP contribution in [0.3, 0.4) is 0 Å². The van der Waals surface area contributed by atoms with E-state index in [-0.39, 0.29) is 12.0 Å². The Morgan fingerprint density at radius 2 is 2.45 bits per heavy atom. The molecule has 112 valence electrons. The largest absolute Gasteiger partial charge is 0.374 e. The first-order valence-corrected chi connectivity index (χ1v) is 7.25. The molecule has 1 aromatic rings. The number of nitrogens with zero attached hydrogens (tertiary/aromatic N) is 2. The van der Waals surface area contributed by atoms with Gasteiger partial charge < -0.3 is 15.4 Å². The number of aromatic nitrogens is 2. The highest BCUT2D eigenvalue weighted by atomic mass is 16.5. The highest BCUT2D eigenvalue weighted by molar-refractivity contribution is 5.75. The van der Waals surface area contributed by atoms with Gasteiger partial charge in [-0.2, -0.15) is 5.10 Å². The van der Waals surface area contributed by atoms with Gasteiger partial charge in [0, 0.05) is 38.3 Å². The molecule has 6 heteroatoms. The van der Waals surface area contributed by atoms with Gasteiger partial charge in [-0.1, -0.05) is 0 Å². The molecule has 1 atom stereocenters. The van der Waals surface area contributed by atoms with E-state index in [1.165, 1.54) is 0 Å². The number of ether oxygens (including phenoxy) is 1. The molecular weight excluding hydrogens is 256 g/mol. The van der Waals surface area contributed by atoms with Crippen LogP contribution in [0.5, 0.6) is 0 Å². The van der Waals surface area contributed by atoms with Crippen molar-refractivity contribution in [3.8, 4) is 0 Å². The zero-order chi connectivity index (χ0) is 14.4. The van der Waals surface area contributed by atoms with Crippen molar-refractivity contribution in [1.82, 2.24) is 20.4 Å². The molecule has 6 nitrogen and oxygen atoms in total. The summed E-state index contributed by atoms with van der Waals surface area (Å²) < 4.78 is 7.48. The predicted octanol–water partition coefficient (Wildman–Crippen LogP) is 0.385. The molecule has 1 aliphatic heterocycles. The standard InChI is InChI=1S/C14H24N4O2/c1-11-8-12(2)18(17-11)6-3-4-14(19)16-10-13-9-15-5-7-20-13/h8,13,15H,3-7,9-10H2,1-2H3,(H,16,19)/t13-/m1/s1. The van der Waals surface area contributed by atoms with E-state index in [1.54, 1.807) is 0 Å². The third-order valence-corrected chi connectivity index (χ3v) is 3.41. The Balaban J connectivity index is 1.61. The molecule has 0 unspecified atom stereocenters. The third kappa shape index (κ3) is 4.61. The predicted molar refractivity (Wildman–Crippen MR) is 76.6 cm³/mol. The summed E-state index contributed by atoms with van der Waals surface area (Å²) in [6, 6.07) is 2.05. The summed E-state index contributed by atoms with van der Waals surface area (Å²) in [5, 5.41) is 10.6. The minimum atomic E-state index is 0.0840. The fourth-order valence-corrected chi connectivity index (χ4v) is 2.36. The topological polar surface area (TPSA) is 68.2 Å². The van der Waals surface area contributed by atoms with Crippen LogP contribution in [-0.4, -0.2) is 48.0 Å². The first-order chi connectivity index (χ1) is 9.65. The molecular formula is C14H24N4O2. The van der Waals surface area contributed by atoms with E-state index in [4.69, 9.17) is 4.74 Å². The van der Waals surface area contributed by atoms with E-state index in [0.29, 0.717) is 13.0 Å². The van der Waals surface area contributed by atoms with E-state index in [9.17, 15) is 4.79 Å². The average molecular weight is 280 g/mol. The number of nitrogens with one attached hydrogen (secondary N) is 2. The Morgan fingerprint density at radius 1 is 1.60 bits per heavy atom. The summed E-state index contributed by atoms with van der Waals surface area (Å²) in [6.07, 6.45) is 1.43. The summed E-state index contributed by atoms with van der Waals surface area (Å²) in [7, 11) is 0. The van der Waals surface area contributed by atoms with Crippen molar-refractivity contribution in [3.05, 3.63) is 17.5 Å². The van der Waals surface area contributed by atoms with Gasteiger partial charge in [0.05, 0.1) is 18.4 Å². The number of morpholine rings is 1. The molecule has 1 aliphatic rings. The van der Waals surface area contributed by atoms with Crippen molar-refractivity contribution in [3.63, 3.8) is 0 Å². The third-order valence-electron chi connectivity index (χ3n) is 3.41. The Morgan fingerprint density at radius 3 is 3.10 bits per heavy atom. The molecule has 1 aromatic heterocycles. The maximum absolute atomic E-state index is 11.7. The monoisotopic (exact) mass is 280 g/mol. The lowest BCUT2D eigenvalue weighted by Gasteiger charge is -2.23. The first kappa shape index (κ1) is 15.0. The maximum Gasteiger partial charge on any atom is 0.220 e. The van der Waals surface area contributed by atoms with Crippen molar-refractivity contribution in [2.75, 3.05) is 26.2 Å². The van der Waals surface area contributed by atoms with Gasteiger partial charge in [-0.15, -0.1) is 0 Å². The summed E-state index contributed by atoms with van der Waals surface area (Å²) in [5.74, 6) is 0.0840. The molecule has 0 saturated carbocycles. The number of hydrogen-bond donors (Lipinski definition) is 2.